The summed E-state index contributed by atoms with van der Waals surface area (Å²) in [5.74, 6) is -3.32. The van der Waals surface area contributed by atoms with Gasteiger partial charge in [-0.3, -0.25) is 14.3 Å². The summed E-state index contributed by atoms with van der Waals surface area (Å²) in [5, 5.41) is 5.12. The lowest BCUT2D eigenvalue weighted by molar-refractivity contribution is 0.0964. The van der Waals surface area contributed by atoms with E-state index in [0.717, 1.165) is 6.07 Å². The molecule has 3 aromatic rings. The fourth-order valence-corrected chi connectivity index (χ4v) is 3.74. The maximum atomic E-state index is 13.3. The van der Waals surface area contributed by atoms with E-state index in [1.54, 1.807) is 24.3 Å². The van der Waals surface area contributed by atoms with Crippen LogP contribution in [-0.2, 0) is 10.0 Å². The number of sulfonamides is 1. The molecule has 31 heavy (non-hydrogen) atoms. The molecule has 0 bridgehead atoms. The second kappa shape index (κ2) is 8.92. The molecule has 7 nitrogen and oxygen atoms in total. The zero-order valence-electron chi connectivity index (χ0n) is 16.1. The average Bonchev–Trinajstić information content (AvgIpc) is 2.75. The number of para-hydroxylation sites is 1. The van der Waals surface area contributed by atoms with Crippen molar-refractivity contribution in [1.29, 1.82) is 0 Å². The number of carbonyl (C=O) groups excluding carboxylic acids is 2. The highest BCUT2D eigenvalue weighted by Crippen LogP contribution is 2.20. The zero-order valence-corrected chi connectivity index (χ0v) is 17.0. The van der Waals surface area contributed by atoms with E-state index in [0.29, 0.717) is 17.8 Å². The molecule has 0 aliphatic carbocycles. The van der Waals surface area contributed by atoms with Crippen molar-refractivity contribution < 1.29 is 26.8 Å². The van der Waals surface area contributed by atoms with E-state index in [1.807, 2.05) is 0 Å². The van der Waals surface area contributed by atoms with E-state index >= 15 is 0 Å². The lowest BCUT2D eigenvalue weighted by Gasteiger charge is -2.11. The number of carbonyl (C=O) groups is 2. The number of benzene rings is 3. The van der Waals surface area contributed by atoms with Gasteiger partial charge in [0.15, 0.2) is 11.6 Å². The van der Waals surface area contributed by atoms with E-state index in [2.05, 4.69) is 15.4 Å². The number of hydrogen-bond donors (Lipinski definition) is 3. The molecule has 0 saturated carbocycles. The summed E-state index contributed by atoms with van der Waals surface area (Å²) in [4.78, 5) is 24.0. The first-order valence-electron chi connectivity index (χ1n) is 8.91. The van der Waals surface area contributed by atoms with Gasteiger partial charge in [0.1, 0.15) is 0 Å². The van der Waals surface area contributed by atoms with Crippen LogP contribution >= 0.6 is 0 Å². The fourth-order valence-electron chi connectivity index (χ4n) is 2.67. The molecule has 0 unspecified atom stereocenters. The summed E-state index contributed by atoms with van der Waals surface area (Å²) in [5.41, 5.74) is 0.929. The predicted molar refractivity (Wildman–Crippen MR) is 111 cm³/mol. The monoisotopic (exact) mass is 445 g/mol. The molecular formula is C21H17F2N3O4S. The third kappa shape index (κ3) is 5.04. The molecule has 3 aromatic carbocycles. The van der Waals surface area contributed by atoms with Gasteiger partial charge in [0.2, 0.25) is 0 Å². The molecule has 0 saturated heterocycles. The van der Waals surface area contributed by atoms with Gasteiger partial charge >= 0.3 is 0 Å². The first kappa shape index (κ1) is 21.9. The van der Waals surface area contributed by atoms with E-state index in [1.165, 1.54) is 31.3 Å². The summed E-state index contributed by atoms with van der Waals surface area (Å²) in [7, 11) is -2.68. The Morgan fingerprint density at radius 2 is 1.52 bits per heavy atom. The average molecular weight is 445 g/mol. The number of rotatable bonds is 6. The SMILES string of the molecule is CNC(=O)c1ccccc1NC(=O)c1ccc(NS(=O)(=O)c2ccc(F)c(F)c2)cc1. The first-order chi connectivity index (χ1) is 14.7. The number of anilines is 2. The quantitative estimate of drug-likeness (QED) is 0.541. The molecule has 160 valence electrons. The third-order valence-corrected chi connectivity index (χ3v) is 5.63. The zero-order chi connectivity index (χ0) is 22.6. The number of nitrogens with one attached hydrogen (secondary N) is 3. The molecule has 0 aromatic heterocycles. The molecule has 0 radical (unpaired) electrons. The van der Waals surface area contributed by atoms with Crippen molar-refractivity contribution in [2.75, 3.05) is 17.1 Å². The molecule has 0 fully saturated rings. The molecule has 0 aliphatic heterocycles. The van der Waals surface area contributed by atoms with Crippen LogP contribution in [-0.4, -0.2) is 27.3 Å². The topological polar surface area (TPSA) is 104 Å². The van der Waals surface area contributed by atoms with Crippen molar-refractivity contribution >= 4 is 33.2 Å². The molecule has 0 atom stereocenters. The van der Waals surface area contributed by atoms with Gasteiger partial charge in [-0.25, -0.2) is 17.2 Å². The number of hydrogen-bond acceptors (Lipinski definition) is 4. The Morgan fingerprint density at radius 1 is 0.839 bits per heavy atom. The summed E-state index contributed by atoms with van der Waals surface area (Å²) >= 11 is 0. The Bertz CT molecular complexity index is 1250. The highest BCUT2D eigenvalue weighted by Gasteiger charge is 2.17. The fraction of sp³-hybridized carbons (Fsp3) is 0.0476. The maximum absolute atomic E-state index is 13.3. The Kier molecular flexibility index (Phi) is 6.30. The van der Waals surface area contributed by atoms with Gasteiger partial charge in [0.05, 0.1) is 16.1 Å². The van der Waals surface area contributed by atoms with Gasteiger partial charge in [0, 0.05) is 18.3 Å². The van der Waals surface area contributed by atoms with E-state index < -0.39 is 32.5 Å². The van der Waals surface area contributed by atoms with Gasteiger partial charge in [-0.15, -0.1) is 0 Å². The Balaban J connectivity index is 1.75. The molecule has 3 N–H and O–H groups in total. The second-order valence-electron chi connectivity index (χ2n) is 6.34. The number of amides is 2. The van der Waals surface area contributed by atoms with Crippen LogP contribution in [0.15, 0.2) is 71.6 Å². The highest BCUT2D eigenvalue weighted by molar-refractivity contribution is 7.92. The minimum absolute atomic E-state index is 0.118. The first-order valence-corrected chi connectivity index (χ1v) is 10.4. The molecule has 0 aliphatic rings. The van der Waals surface area contributed by atoms with Crippen molar-refractivity contribution in [2.24, 2.45) is 0 Å². The van der Waals surface area contributed by atoms with Crippen LogP contribution in [0.25, 0.3) is 0 Å². The smallest absolute Gasteiger partial charge is 0.261 e. The molecule has 10 heteroatoms. The summed E-state index contributed by atoms with van der Waals surface area (Å²) in [6.07, 6.45) is 0. The lowest BCUT2D eigenvalue weighted by Crippen LogP contribution is -2.21. The molecule has 0 heterocycles. The van der Waals surface area contributed by atoms with Crippen LogP contribution in [0.2, 0.25) is 0 Å². The maximum Gasteiger partial charge on any atom is 0.261 e. The molecule has 2 amide bonds. The minimum Gasteiger partial charge on any atom is -0.355 e. The summed E-state index contributed by atoms with van der Waals surface area (Å²) in [6, 6.07) is 14.1. The Hall–Kier alpha value is -3.79. The van der Waals surface area contributed by atoms with Crippen molar-refractivity contribution in [3.05, 3.63) is 89.5 Å². The normalized spacial score (nSPS) is 10.9. The van der Waals surface area contributed by atoms with Crippen LogP contribution in [0.5, 0.6) is 0 Å². The third-order valence-electron chi connectivity index (χ3n) is 4.25. The van der Waals surface area contributed by atoms with Gasteiger partial charge in [-0.05, 0) is 54.6 Å². The van der Waals surface area contributed by atoms with Gasteiger partial charge in [-0.1, -0.05) is 12.1 Å². The standard InChI is InChI=1S/C21H17F2N3O4S/c1-24-21(28)16-4-2-3-5-19(16)25-20(27)13-6-8-14(9-7-13)26-31(29,30)15-10-11-17(22)18(23)12-15/h2-12,26H,1H3,(H,24,28)(H,25,27). The highest BCUT2D eigenvalue weighted by atomic mass is 32.2. The molecule has 0 spiro atoms. The Labute approximate surface area is 177 Å². The summed E-state index contributed by atoms with van der Waals surface area (Å²) in [6.45, 7) is 0. The second-order valence-corrected chi connectivity index (χ2v) is 8.02. The van der Waals surface area contributed by atoms with Crippen molar-refractivity contribution in [2.45, 2.75) is 4.90 Å². The van der Waals surface area contributed by atoms with Crippen molar-refractivity contribution in [3.63, 3.8) is 0 Å². The summed E-state index contributed by atoms with van der Waals surface area (Å²) < 4.78 is 53.3. The van der Waals surface area contributed by atoms with Crippen LogP contribution in [0.1, 0.15) is 20.7 Å². The van der Waals surface area contributed by atoms with E-state index in [4.69, 9.17) is 0 Å². The van der Waals surface area contributed by atoms with Crippen LogP contribution < -0.4 is 15.4 Å². The van der Waals surface area contributed by atoms with E-state index in [-0.39, 0.29) is 22.7 Å². The van der Waals surface area contributed by atoms with E-state index in [9.17, 15) is 26.8 Å². The molecular weight excluding hydrogens is 428 g/mol. The van der Waals surface area contributed by atoms with Crippen LogP contribution in [0.4, 0.5) is 20.2 Å². The minimum atomic E-state index is -4.15. The van der Waals surface area contributed by atoms with Crippen molar-refractivity contribution in [3.8, 4) is 0 Å². The Morgan fingerprint density at radius 3 is 2.16 bits per heavy atom. The van der Waals surface area contributed by atoms with Crippen molar-refractivity contribution in [1.82, 2.24) is 5.32 Å². The van der Waals surface area contributed by atoms with Gasteiger partial charge in [-0.2, -0.15) is 0 Å². The molecule has 3 rings (SSSR count). The largest absolute Gasteiger partial charge is 0.355 e. The number of halogens is 2. The van der Waals surface area contributed by atoms with Gasteiger partial charge in [0.25, 0.3) is 21.8 Å². The van der Waals surface area contributed by atoms with Crippen LogP contribution in [0.3, 0.4) is 0 Å². The lowest BCUT2D eigenvalue weighted by atomic mass is 10.1. The predicted octanol–water partition coefficient (Wildman–Crippen LogP) is 3.38. The van der Waals surface area contributed by atoms with Crippen LogP contribution in [0, 0.1) is 11.6 Å². The van der Waals surface area contributed by atoms with Gasteiger partial charge < -0.3 is 10.6 Å².